The van der Waals surface area contributed by atoms with Gasteiger partial charge in [0.15, 0.2) is 0 Å². The van der Waals surface area contributed by atoms with E-state index in [9.17, 15) is 0 Å². The highest BCUT2D eigenvalue weighted by Crippen LogP contribution is 2.48. The Morgan fingerprint density at radius 2 is 0.426 bits per heavy atom. The van der Waals surface area contributed by atoms with Crippen LogP contribution in [0.15, 0.2) is 364 Å². The van der Waals surface area contributed by atoms with Gasteiger partial charge in [-0.15, -0.1) is 0 Å². The van der Waals surface area contributed by atoms with Gasteiger partial charge in [-0.1, -0.05) is 312 Å². The molecule has 0 atom stereocenters. The highest BCUT2D eigenvalue weighted by Gasteiger charge is 2.21. The minimum absolute atomic E-state index is 0.776. The zero-order chi connectivity index (χ0) is 62.3. The quantitative estimate of drug-likeness (QED) is 0.0979. The van der Waals surface area contributed by atoms with Crippen molar-refractivity contribution < 1.29 is 4.74 Å². The van der Waals surface area contributed by atoms with Gasteiger partial charge in [0.25, 0.3) is 0 Å². The SMILES string of the molecule is c1cc(Oc2cccc(-c3ccc4c(-c5ccc6ccccc6c5)c5ccccc5c(-c5ccc6ccccc6c5)c4c3)c2)cc(-c2ccc3c(-c4ccc5ccccc5c4)c4ccccc4c(-c4ccc5ccccc5c4)c3c2)c1.c1ccc(Pc2ccccc2)cc1. The third-order valence-corrected chi connectivity index (χ3v) is 19.9. The lowest BCUT2D eigenvalue weighted by Crippen LogP contribution is -2.01. The largest absolute Gasteiger partial charge is 0.457 e. The van der Waals surface area contributed by atoms with Gasteiger partial charge >= 0.3 is 0 Å². The molecule has 0 saturated carbocycles. The molecule has 2 heteroatoms. The average molecular weight is 1210 g/mol. The Hall–Kier alpha value is -11.7. The Balaban J connectivity index is 0.000000462. The van der Waals surface area contributed by atoms with Crippen LogP contribution in [0, 0.1) is 0 Å². The van der Waals surface area contributed by atoms with Gasteiger partial charge < -0.3 is 4.74 Å². The summed E-state index contributed by atoms with van der Waals surface area (Å²) in [6.45, 7) is 0. The van der Waals surface area contributed by atoms with Crippen LogP contribution in [-0.2, 0) is 0 Å². The molecule has 0 fully saturated rings. The fraction of sp³-hybridized carbons (Fsp3) is 0. The van der Waals surface area contributed by atoms with Crippen molar-refractivity contribution >= 4 is 105 Å². The van der Waals surface area contributed by atoms with E-state index in [0.29, 0.717) is 0 Å². The van der Waals surface area contributed by atoms with Crippen molar-refractivity contribution in [2.24, 2.45) is 0 Å². The number of rotatable bonds is 10. The van der Waals surface area contributed by atoms with Crippen LogP contribution < -0.4 is 15.3 Å². The van der Waals surface area contributed by atoms with E-state index in [0.717, 1.165) is 42.3 Å². The van der Waals surface area contributed by atoms with Crippen LogP contribution in [0.1, 0.15) is 0 Å². The lowest BCUT2D eigenvalue weighted by atomic mass is 9.84. The fourth-order valence-corrected chi connectivity index (χ4v) is 15.2. The molecule has 1 nitrogen and oxygen atoms in total. The maximum Gasteiger partial charge on any atom is 0.128 e. The van der Waals surface area contributed by atoms with Gasteiger partial charge in [-0.25, -0.2) is 0 Å². The van der Waals surface area contributed by atoms with E-state index >= 15 is 0 Å². The summed E-state index contributed by atoms with van der Waals surface area (Å²) in [5.41, 5.74) is 14.2. The Bertz CT molecular complexity index is 5560. The molecule has 0 spiro atoms. The summed E-state index contributed by atoms with van der Waals surface area (Å²) in [7, 11) is 0.777. The third-order valence-electron chi connectivity index (χ3n) is 18.6. The zero-order valence-corrected chi connectivity index (χ0v) is 52.5. The predicted molar refractivity (Wildman–Crippen MR) is 406 cm³/mol. The van der Waals surface area contributed by atoms with E-state index in [4.69, 9.17) is 4.74 Å². The molecule has 0 aliphatic heterocycles. The molecule has 440 valence electrons. The molecule has 0 N–H and O–H groups in total. The van der Waals surface area contributed by atoms with Gasteiger partial charge in [-0.2, -0.15) is 0 Å². The van der Waals surface area contributed by atoms with E-state index in [1.165, 1.54) is 141 Å². The molecular formula is C92H61OP. The smallest absolute Gasteiger partial charge is 0.128 e. The Morgan fingerprint density at radius 3 is 0.766 bits per heavy atom. The van der Waals surface area contributed by atoms with Crippen LogP contribution in [0.3, 0.4) is 0 Å². The number of fused-ring (bicyclic) bond motifs is 8. The fourth-order valence-electron chi connectivity index (χ4n) is 14.2. The van der Waals surface area contributed by atoms with Gasteiger partial charge in [-0.3, -0.25) is 0 Å². The minimum Gasteiger partial charge on any atom is -0.457 e. The summed E-state index contributed by atoms with van der Waals surface area (Å²) in [5.74, 6) is 1.55. The molecule has 0 amide bonds. The molecule has 18 aromatic rings. The summed E-state index contributed by atoms with van der Waals surface area (Å²) < 4.78 is 6.89. The van der Waals surface area contributed by atoms with Crippen molar-refractivity contribution in [1.82, 2.24) is 0 Å². The first-order chi connectivity index (χ1) is 46.6. The highest BCUT2D eigenvalue weighted by molar-refractivity contribution is 7.55. The first kappa shape index (κ1) is 56.3. The van der Waals surface area contributed by atoms with Crippen molar-refractivity contribution in [3.8, 4) is 78.3 Å². The summed E-state index contributed by atoms with van der Waals surface area (Å²) in [6, 6.07) is 132. The monoisotopic (exact) mass is 1210 g/mol. The lowest BCUT2D eigenvalue weighted by Gasteiger charge is -2.19. The van der Waals surface area contributed by atoms with E-state index in [2.05, 4.69) is 364 Å². The van der Waals surface area contributed by atoms with Crippen molar-refractivity contribution in [2.75, 3.05) is 0 Å². The third kappa shape index (κ3) is 10.8. The number of benzene rings is 18. The minimum atomic E-state index is 0.776. The first-order valence-corrected chi connectivity index (χ1v) is 33.3. The van der Waals surface area contributed by atoms with E-state index in [-0.39, 0.29) is 0 Å². The first-order valence-electron chi connectivity index (χ1n) is 32.3. The lowest BCUT2D eigenvalue weighted by molar-refractivity contribution is 0.483. The van der Waals surface area contributed by atoms with E-state index in [1.54, 1.807) is 0 Å². The standard InChI is InChI=1S/C80H50O.C12H11P/c1-5-19-55-43-63(35-31-51(55)15-1)77-69-27-9-11-29-71(69)79(65-37-33-53-17-3-7-21-57(53)45-65)75-49-61(39-41-73(75)77)59-23-13-25-67(47-59)81-68-26-14-24-60(48-68)62-40-42-74-76(50-62)80(66-38-34-54-18-4-8-22-58(54)46-66)72-30-12-10-28-70(72)78(74)64-36-32-52-16-2-6-20-56(52)44-64;1-3-7-11(8-4-1)13-12-9-5-2-6-10-12/h1-50H;1-10,13H. The van der Waals surface area contributed by atoms with Crippen molar-refractivity contribution in [1.29, 1.82) is 0 Å². The van der Waals surface area contributed by atoms with Crippen LogP contribution >= 0.6 is 8.58 Å². The van der Waals surface area contributed by atoms with Crippen molar-refractivity contribution in [3.05, 3.63) is 364 Å². The number of hydrogen-bond acceptors (Lipinski definition) is 1. The summed E-state index contributed by atoms with van der Waals surface area (Å²) in [4.78, 5) is 0. The van der Waals surface area contributed by atoms with Gasteiger partial charge in [0.1, 0.15) is 11.5 Å². The molecule has 0 aliphatic rings. The van der Waals surface area contributed by atoms with Gasteiger partial charge in [0.2, 0.25) is 0 Å². The van der Waals surface area contributed by atoms with Crippen LogP contribution in [0.2, 0.25) is 0 Å². The highest BCUT2D eigenvalue weighted by atomic mass is 31.1. The van der Waals surface area contributed by atoms with Crippen LogP contribution in [0.4, 0.5) is 0 Å². The molecule has 0 saturated heterocycles. The molecule has 0 heterocycles. The molecule has 0 unspecified atom stereocenters. The molecular weight excluding hydrogens is 1150 g/mol. The molecule has 18 rings (SSSR count). The second kappa shape index (κ2) is 24.5. The van der Waals surface area contributed by atoms with Gasteiger partial charge in [0.05, 0.1) is 0 Å². The predicted octanol–water partition coefficient (Wildman–Crippen LogP) is 25.0. The summed E-state index contributed by atoms with van der Waals surface area (Å²) in [5, 5.41) is 22.4. The number of ether oxygens (including phenoxy) is 1. The second-order valence-electron chi connectivity index (χ2n) is 24.4. The zero-order valence-electron chi connectivity index (χ0n) is 51.5. The maximum atomic E-state index is 6.89. The van der Waals surface area contributed by atoms with Crippen LogP contribution in [-0.4, -0.2) is 0 Å². The normalized spacial score (nSPS) is 11.4. The molecule has 18 aromatic carbocycles. The molecule has 0 aliphatic carbocycles. The topological polar surface area (TPSA) is 9.23 Å². The van der Waals surface area contributed by atoms with Crippen molar-refractivity contribution in [3.63, 3.8) is 0 Å². The van der Waals surface area contributed by atoms with Gasteiger partial charge in [0, 0.05) is 0 Å². The summed E-state index contributed by atoms with van der Waals surface area (Å²) >= 11 is 0. The summed E-state index contributed by atoms with van der Waals surface area (Å²) in [6.07, 6.45) is 0. The maximum absolute atomic E-state index is 6.89. The molecule has 94 heavy (non-hydrogen) atoms. The Kier molecular flexibility index (Phi) is 14.7. The van der Waals surface area contributed by atoms with E-state index < -0.39 is 0 Å². The second-order valence-corrected chi connectivity index (χ2v) is 25.8. The van der Waals surface area contributed by atoms with E-state index in [1.807, 2.05) is 0 Å². The number of hydrogen-bond donors (Lipinski definition) is 0. The Morgan fingerprint density at radius 1 is 0.160 bits per heavy atom. The van der Waals surface area contributed by atoms with Crippen LogP contribution in [0.5, 0.6) is 11.5 Å². The van der Waals surface area contributed by atoms with Crippen LogP contribution in [0.25, 0.3) is 153 Å². The Labute approximate surface area is 548 Å². The van der Waals surface area contributed by atoms with Gasteiger partial charge in [-0.05, 0) is 224 Å². The molecule has 0 bridgehead atoms. The molecule has 0 radical (unpaired) electrons. The molecule has 0 aromatic heterocycles. The average Bonchev–Trinajstić information content (AvgIpc) is 0.743. The van der Waals surface area contributed by atoms with Crippen molar-refractivity contribution in [2.45, 2.75) is 0 Å².